The average molecular weight is 347 g/mol. The third-order valence-corrected chi connectivity index (χ3v) is 4.79. The second-order valence-corrected chi connectivity index (χ2v) is 6.85. The summed E-state index contributed by atoms with van der Waals surface area (Å²) in [6.07, 6.45) is 5.57. The van der Waals surface area contributed by atoms with Crippen molar-refractivity contribution in [1.29, 1.82) is 0 Å². The number of rotatable bonds is 9. The fourth-order valence-electron chi connectivity index (χ4n) is 3.23. The maximum Gasteiger partial charge on any atom is 0.317 e. The van der Waals surface area contributed by atoms with Crippen molar-refractivity contribution in [1.82, 2.24) is 15.2 Å². The number of ether oxygens (including phenoxy) is 1. The van der Waals surface area contributed by atoms with Gasteiger partial charge in [-0.15, -0.1) is 0 Å². The Labute approximate surface area is 147 Å². The molecule has 2 aliphatic rings. The van der Waals surface area contributed by atoms with Crippen LogP contribution in [0, 0.1) is 5.92 Å². The normalized spacial score (nSPS) is 22.3. The minimum absolute atomic E-state index is 0.0719. The lowest BCUT2D eigenvalue weighted by Gasteiger charge is -2.42. The molecule has 0 aliphatic heterocycles. The first kappa shape index (κ1) is 17.7. The monoisotopic (exact) mass is 347 g/mol. The summed E-state index contributed by atoms with van der Waals surface area (Å²) in [6, 6.07) is 3.73. The van der Waals surface area contributed by atoms with Crippen LogP contribution in [0.4, 0.5) is 0 Å². The number of carboxylic acids is 1. The molecule has 2 saturated carbocycles. The van der Waals surface area contributed by atoms with Gasteiger partial charge in [0, 0.05) is 24.8 Å². The molecule has 2 aliphatic carbocycles. The molecule has 0 bridgehead atoms. The van der Waals surface area contributed by atoms with Crippen LogP contribution in [0.2, 0.25) is 0 Å². The van der Waals surface area contributed by atoms with Crippen LogP contribution in [0.25, 0.3) is 0 Å². The Balaban J connectivity index is 1.52. The van der Waals surface area contributed by atoms with Gasteiger partial charge in [-0.25, -0.2) is 4.98 Å². The van der Waals surface area contributed by atoms with Gasteiger partial charge in [0.1, 0.15) is 5.56 Å². The molecule has 1 amide bonds. The van der Waals surface area contributed by atoms with Crippen molar-refractivity contribution in [2.75, 3.05) is 19.7 Å². The molecule has 2 N–H and O–H groups in total. The number of nitrogens with one attached hydrogen (secondary N) is 1. The van der Waals surface area contributed by atoms with Crippen LogP contribution >= 0.6 is 0 Å². The molecule has 0 radical (unpaired) electrons. The lowest BCUT2D eigenvalue weighted by molar-refractivity contribution is -0.139. The Kier molecular flexibility index (Phi) is 5.53. The number of aromatic nitrogens is 1. The molecule has 0 saturated heterocycles. The topological polar surface area (TPSA) is 91.8 Å². The highest BCUT2D eigenvalue weighted by molar-refractivity contribution is 5.96. The van der Waals surface area contributed by atoms with Crippen molar-refractivity contribution in [3.05, 3.63) is 23.9 Å². The maximum atomic E-state index is 12.4. The number of carboxylic acid groups (broad SMARTS) is 1. The number of hydrogen-bond acceptors (Lipinski definition) is 5. The molecule has 1 aromatic rings. The van der Waals surface area contributed by atoms with E-state index in [9.17, 15) is 9.59 Å². The standard InChI is InChI=1S/C18H25N3O4/c1-2-25-18-15(4-3-7-19-18)17(24)20-13-8-14(9-13)21(11-16(22)23)10-12-5-6-12/h3-4,7,12-14H,2,5-6,8-11H2,1H3,(H,20,24)(H,22,23). The Morgan fingerprint density at radius 2 is 2.16 bits per heavy atom. The Bertz CT molecular complexity index is 627. The van der Waals surface area contributed by atoms with Gasteiger partial charge in [-0.3, -0.25) is 14.5 Å². The quantitative estimate of drug-likeness (QED) is 0.704. The molecule has 0 aromatic carbocycles. The largest absolute Gasteiger partial charge is 0.480 e. The molecule has 1 heterocycles. The zero-order valence-corrected chi connectivity index (χ0v) is 14.5. The molecule has 0 spiro atoms. The Morgan fingerprint density at radius 3 is 2.80 bits per heavy atom. The van der Waals surface area contributed by atoms with Crippen LogP contribution in [0.5, 0.6) is 5.88 Å². The summed E-state index contributed by atoms with van der Waals surface area (Å²) in [6.45, 7) is 3.24. The molecule has 136 valence electrons. The second-order valence-electron chi connectivity index (χ2n) is 6.85. The van der Waals surface area contributed by atoms with Crippen LogP contribution < -0.4 is 10.1 Å². The van der Waals surface area contributed by atoms with E-state index in [1.54, 1.807) is 18.3 Å². The summed E-state index contributed by atoms with van der Waals surface area (Å²) in [4.78, 5) is 29.7. The number of hydrogen-bond donors (Lipinski definition) is 2. The fraction of sp³-hybridized carbons (Fsp3) is 0.611. The van der Waals surface area contributed by atoms with Gasteiger partial charge in [0.25, 0.3) is 5.91 Å². The van der Waals surface area contributed by atoms with E-state index in [4.69, 9.17) is 9.84 Å². The highest BCUT2D eigenvalue weighted by Gasteiger charge is 2.38. The third-order valence-electron chi connectivity index (χ3n) is 4.79. The van der Waals surface area contributed by atoms with Gasteiger partial charge < -0.3 is 15.2 Å². The van der Waals surface area contributed by atoms with E-state index in [0.717, 1.165) is 19.4 Å². The Morgan fingerprint density at radius 1 is 1.40 bits per heavy atom. The predicted octanol–water partition coefficient (Wildman–Crippen LogP) is 1.54. The van der Waals surface area contributed by atoms with Crippen molar-refractivity contribution >= 4 is 11.9 Å². The molecule has 7 heteroatoms. The van der Waals surface area contributed by atoms with Crippen molar-refractivity contribution in [3.63, 3.8) is 0 Å². The Hall–Kier alpha value is -2.15. The van der Waals surface area contributed by atoms with Crippen molar-refractivity contribution in [2.24, 2.45) is 5.92 Å². The summed E-state index contributed by atoms with van der Waals surface area (Å²) >= 11 is 0. The van der Waals surface area contributed by atoms with Gasteiger partial charge >= 0.3 is 5.97 Å². The highest BCUT2D eigenvalue weighted by Crippen LogP contribution is 2.34. The summed E-state index contributed by atoms with van der Waals surface area (Å²) in [5, 5.41) is 12.1. The number of carbonyl (C=O) groups excluding carboxylic acids is 1. The summed E-state index contributed by atoms with van der Waals surface area (Å²) in [7, 11) is 0. The average Bonchev–Trinajstić information content (AvgIpc) is 3.34. The van der Waals surface area contributed by atoms with Gasteiger partial charge in [-0.05, 0) is 50.7 Å². The molecule has 0 atom stereocenters. The SMILES string of the molecule is CCOc1ncccc1C(=O)NC1CC(N(CC(=O)O)CC2CC2)C1. The first-order chi connectivity index (χ1) is 12.1. The van der Waals surface area contributed by atoms with Crippen molar-refractivity contribution < 1.29 is 19.4 Å². The first-order valence-corrected chi connectivity index (χ1v) is 8.91. The van der Waals surface area contributed by atoms with Crippen LogP contribution in [-0.4, -0.2) is 58.6 Å². The van der Waals surface area contributed by atoms with Gasteiger partial charge in [0.2, 0.25) is 5.88 Å². The number of carbonyl (C=O) groups is 2. The minimum atomic E-state index is -0.787. The minimum Gasteiger partial charge on any atom is -0.480 e. The number of nitrogens with zero attached hydrogens (tertiary/aromatic N) is 2. The van der Waals surface area contributed by atoms with E-state index in [1.165, 1.54) is 12.8 Å². The summed E-state index contributed by atoms with van der Waals surface area (Å²) < 4.78 is 5.40. The molecule has 25 heavy (non-hydrogen) atoms. The van der Waals surface area contributed by atoms with E-state index in [1.807, 2.05) is 6.92 Å². The van der Waals surface area contributed by atoms with Crippen LogP contribution in [0.3, 0.4) is 0 Å². The van der Waals surface area contributed by atoms with Crippen LogP contribution in [0.15, 0.2) is 18.3 Å². The number of pyridine rings is 1. The fourth-order valence-corrected chi connectivity index (χ4v) is 3.23. The molecular weight excluding hydrogens is 322 g/mol. The van der Waals surface area contributed by atoms with E-state index in [-0.39, 0.29) is 24.5 Å². The summed E-state index contributed by atoms with van der Waals surface area (Å²) in [5.41, 5.74) is 0.438. The lowest BCUT2D eigenvalue weighted by Crippen LogP contribution is -2.55. The van der Waals surface area contributed by atoms with Crippen molar-refractivity contribution in [3.8, 4) is 5.88 Å². The van der Waals surface area contributed by atoms with Crippen LogP contribution in [-0.2, 0) is 4.79 Å². The van der Waals surface area contributed by atoms with Crippen molar-refractivity contribution in [2.45, 2.75) is 44.7 Å². The van der Waals surface area contributed by atoms with E-state index in [2.05, 4.69) is 15.2 Å². The molecule has 2 fully saturated rings. The predicted molar refractivity (Wildman–Crippen MR) is 91.6 cm³/mol. The van der Waals surface area contributed by atoms with E-state index in [0.29, 0.717) is 24.0 Å². The molecule has 1 aromatic heterocycles. The van der Waals surface area contributed by atoms with Gasteiger partial charge in [-0.1, -0.05) is 0 Å². The lowest BCUT2D eigenvalue weighted by atomic mass is 9.85. The molecule has 7 nitrogen and oxygen atoms in total. The second kappa shape index (κ2) is 7.82. The molecular formula is C18H25N3O4. The first-order valence-electron chi connectivity index (χ1n) is 8.91. The van der Waals surface area contributed by atoms with E-state index < -0.39 is 5.97 Å². The zero-order chi connectivity index (χ0) is 17.8. The molecule has 0 unspecified atom stereocenters. The third kappa shape index (κ3) is 4.69. The zero-order valence-electron chi connectivity index (χ0n) is 14.5. The molecule has 3 rings (SSSR count). The van der Waals surface area contributed by atoms with Gasteiger partial charge in [0.15, 0.2) is 0 Å². The maximum absolute atomic E-state index is 12.4. The number of amides is 1. The van der Waals surface area contributed by atoms with Gasteiger partial charge in [0.05, 0.1) is 13.2 Å². The smallest absolute Gasteiger partial charge is 0.317 e. The summed E-state index contributed by atoms with van der Waals surface area (Å²) in [5.74, 6) is 0.0218. The van der Waals surface area contributed by atoms with Gasteiger partial charge in [-0.2, -0.15) is 0 Å². The van der Waals surface area contributed by atoms with E-state index >= 15 is 0 Å². The number of aliphatic carboxylic acids is 1. The van der Waals surface area contributed by atoms with Crippen LogP contribution in [0.1, 0.15) is 43.0 Å². The highest BCUT2D eigenvalue weighted by atomic mass is 16.5.